The number of aromatic nitrogens is 1. The summed E-state index contributed by atoms with van der Waals surface area (Å²) >= 11 is 6.56. The van der Waals surface area contributed by atoms with E-state index in [0.717, 1.165) is 20.8 Å². The molecule has 1 aromatic carbocycles. The van der Waals surface area contributed by atoms with E-state index in [1.54, 1.807) is 6.07 Å². The summed E-state index contributed by atoms with van der Waals surface area (Å²) in [7, 11) is 0. The number of esters is 3. The molecular weight excluding hydrogens is 574 g/mol. The Morgan fingerprint density at radius 1 is 1.03 bits per heavy atom. The van der Waals surface area contributed by atoms with Crippen molar-refractivity contribution < 1.29 is 48.3 Å². The summed E-state index contributed by atoms with van der Waals surface area (Å²) in [6, 6.07) is 1.63. The molecule has 2 heterocycles. The Balaban J connectivity index is 2.04. The first-order chi connectivity index (χ1) is 15.5. The Kier molecular flexibility index (Phi) is 7.88. The number of aliphatic hydroxyl groups excluding tert-OH is 1. The maximum Gasteiger partial charge on any atom is 0.303 e. The highest BCUT2D eigenvalue weighted by Crippen LogP contribution is 2.43. The molecule has 0 unspecified atom stereocenters. The van der Waals surface area contributed by atoms with Crippen LogP contribution >= 0.6 is 31.9 Å². The topological polar surface area (TPSA) is 154 Å². The normalized spacial score (nSPS) is 24.8. The summed E-state index contributed by atoms with van der Waals surface area (Å²) in [5, 5.41) is 20.6. The number of aromatic amines is 1. The number of hydrogen-bond donors (Lipinski definition) is 3. The minimum absolute atomic E-state index is 0.0750. The maximum absolute atomic E-state index is 11.8. The monoisotopic (exact) mass is 593 g/mol. The molecule has 5 atom stereocenters. The predicted molar refractivity (Wildman–Crippen MR) is 118 cm³/mol. The van der Waals surface area contributed by atoms with Crippen molar-refractivity contribution in [1.82, 2.24) is 4.98 Å². The van der Waals surface area contributed by atoms with Crippen molar-refractivity contribution in [2.75, 3.05) is 6.61 Å². The summed E-state index contributed by atoms with van der Waals surface area (Å²) in [6.45, 7) is 2.79. The molecule has 3 N–H and O–H groups in total. The summed E-state index contributed by atoms with van der Waals surface area (Å²) < 4.78 is 28.4. The zero-order valence-electron chi connectivity index (χ0n) is 17.7. The molecular formula is C20H21Br2NO10. The van der Waals surface area contributed by atoms with Gasteiger partial charge in [-0.3, -0.25) is 14.4 Å². The highest BCUT2D eigenvalue weighted by Gasteiger charge is 2.53. The first kappa shape index (κ1) is 25.3. The maximum atomic E-state index is 11.8. The Morgan fingerprint density at radius 3 is 2.18 bits per heavy atom. The predicted octanol–water partition coefficient (Wildman–Crippen LogP) is 2.29. The third kappa shape index (κ3) is 5.42. The second-order valence-corrected chi connectivity index (χ2v) is 8.81. The largest absolute Gasteiger partial charge is 0.506 e. The van der Waals surface area contributed by atoms with Gasteiger partial charge >= 0.3 is 17.9 Å². The van der Waals surface area contributed by atoms with Gasteiger partial charge in [0.25, 0.3) is 0 Å². The number of H-pyrrole nitrogens is 1. The summed E-state index contributed by atoms with van der Waals surface area (Å²) in [5.41, 5.74) is 0.592. The molecule has 180 valence electrons. The molecule has 3 rings (SSSR count). The van der Waals surface area contributed by atoms with Gasteiger partial charge in [-0.05, 0) is 37.9 Å². The number of aliphatic hydroxyl groups is 1. The van der Waals surface area contributed by atoms with Crippen LogP contribution in [-0.4, -0.2) is 70.4 Å². The van der Waals surface area contributed by atoms with E-state index >= 15 is 0 Å². The van der Waals surface area contributed by atoms with Crippen molar-refractivity contribution in [2.24, 2.45) is 0 Å². The molecule has 1 aromatic heterocycles. The van der Waals surface area contributed by atoms with Gasteiger partial charge in [-0.1, -0.05) is 0 Å². The van der Waals surface area contributed by atoms with Crippen LogP contribution in [0, 0.1) is 0 Å². The van der Waals surface area contributed by atoms with E-state index < -0.39 is 55.2 Å². The fourth-order valence-corrected chi connectivity index (χ4v) is 4.81. The van der Waals surface area contributed by atoms with Crippen LogP contribution in [0.25, 0.3) is 10.9 Å². The molecule has 0 radical (unpaired) electrons. The zero-order valence-corrected chi connectivity index (χ0v) is 20.8. The van der Waals surface area contributed by atoms with Crippen LogP contribution < -0.4 is 4.74 Å². The van der Waals surface area contributed by atoms with Gasteiger partial charge in [-0.25, -0.2) is 0 Å². The van der Waals surface area contributed by atoms with E-state index in [0.29, 0.717) is 19.8 Å². The van der Waals surface area contributed by atoms with E-state index in [2.05, 4.69) is 36.8 Å². The lowest BCUT2D eigenvalue weighted by molar-refractivity contribution is -0.287. The number of phenolic OH excluding ortho intramolecular Hbond substituents is 1. The number of carbonyl (C=O) groups is 3. The Morgan fingerprint density at radius 2 is 1.61 bits per heavy atom. The lowest BCUT2D eigenvalue weighted by atomic mass is 9.98. The fourth-order valence-electron chi connectivity index (χ4n) is 3.49. The van der Waals surface area contributed by atoms with E-state index in [9.17, 15) is 24.6 Å². The second-order valence-electron chi connectivity index (χ2n) is 7.16. The molecule has 1 fully saturated rings. The van der Waals surface area contributed by atoms with Crippen molar-refractivity contribution in [3.63, 3.8) is 0 Å². The Hall–Kier alpha value is -2.35. The third-order valence-electron chi connectivity index (χ3n) is 4.72. The number of benzene rings is 1. The quantitative estimate of drug-likeness (QED) is 0.335. The number of phenols is 1. The van der Waals surface area contributed by atoms with Crippen LogP contribution in [0.15, 0.2) is 21.2 Å². The number of halogens is 2. The number of aromatic hydroxyl groups is 1. The van der Waals surface area contributed by atoms with Crippen LogP contribution in [0.3, 0.4) is 0 Å². The molecule has 0 amide bonds. The molecule has 0 aliphatic carbocycles. The molecule has 11 nitrogen and oxygen atoms in total. The molecule has 0 saturated carbocycles. The SMILES string of the molecule is CC(=O)O[C@@H]1[C@@H](OC(C)=O)[C@H](Oc2c[nH]c3cc(Br)c(O)c(Br)c23)O[C@H](CO)[C@H]1OC(C)=O. The highest BCUT2D eigenvalue weighted by molar-refractivity contribution is 9.11. The first-order valence-electron chi connectivity index (χ1n) is 9.66. The average Bonchev–Trinajstić information content (AvgIpc) is 3.11. The van der Waals surface area contributed by atoms with Gasteiger partial charge in [0.15, 0.2) is 12.2 Å². The van der Waals surface area contributed by atoms with Gasteiger partial charge in [-0.15, -0.1) is 0 Å². The van der Waals surface area contributed by atoms with Crippen molar-refractivity contribution in [3.05, 3.63) is 21.2 Å². The molecule has 1 aliphatic rings. The van der Waals surface area contributed by atoms with Gasteiger partial charge in [-0.2, -0.15) is 0 Å². The molecule has 13 heteroatoms. The number of carbonyl (C=O) groups excluding carboxylic acids is 3. The fraction of sp³-hybridized carbons (Fsp3) is 0.450. The van der Waals surface area contributed by atoms with Gasteiger partial charge < -0.3 is 38.9 Å². The molecule has 0 spiro atoms. The Labute approximate surface area is 204 Å². The minimum atomic E-state index is -1.38. The summed E-state index contributed by atoms with van der Waals surface area (Å²) in [4.78, 5) is 38.2. The van der Waals surface area contributed by atoms with E-state index in [1.807, 2.05) is 0 Å². The standard InChI is InChI=1S/C20H21Br2NO10/c1-7(25)29-17-13(6-24)33-20(19(31-9(3)27)18(17)30-8(2)26)32-12-5-23-11-4-10(21)16(28)15(22)14(11)12/h4-5,13,17-20,23-24,28H,6H2,1-3H3/t13-,17-,18+,19-,20-/m1/s1. The van der Waals surface area contributed by atoms with Crippen LogP contribution in [0.4, 0.5) is 0 Å². The van der Waals surface area contributed by atoms with E-state index in [1.165, 1.54) is 6.20 Å². The molecule has 33 heavy (non-hydrogen) atoms. The van der Waals surface area contributed by atoms with Crippen molar-refractivity contribution in [1.29, 1.82) is 0 Å². The Bertz CT molecular complexity index is 1070. The zero-order chi connectivity index (χ0) is 24.4. The second kappa shape index (κ2) is 10.3. The number of fused-ring (bicyclic) bond motifs is 1. The summed E-state index contributed by atoms with van der Waals surface area (Å²) in [5.74, 6) is -2.07. The minimum Gasteiger partial charge on any atom is -0.506 e. The number of ether oxygens (including phenoxy) is 5. The number of rotatable bonds is 6. The van der Waals surface area contributed by atoms with Crippen LogP contribution in [-0.2, 0) is 33.3 Å². The lowest BCUT2D eigenvalue weighted by Crippen LogP contribution is -2.63. The highest BCUT2D eigenvalue weighted by atomic mass is 79.9. The van der Waals surface area contributed by atoms with Crippen LogP contribution in [0.5, 0.6) is 11.5 Å². The van der Waals surface area contributed by atoms with Crippen molar-refractivity contribution in [3.8, 4) is 11.5 Å². The van der Waals surface area contributed by atoms with Gasteiger partial charge in [0.05, 0.1) is 26.5 Å². The third-order valence-corrected chi connectivity index (χ3v) is 6.10. The van der Waals surface area contributed by atoms with E-state index in [-0.39, 0.29) is 11.5 Å². The molecule has 1 saturated heterocycles. The molecule has 2 aromatic rings. The average molecular weight is 595 g/mol. The molecule has 0 bridgehead atoms. The lowest BCUT2D eigenvalue weighted by Gasteiger charge is -2.43. The van der Waals surface area contributed by atoms with Crippen LogP contribution in [0.1, 0.15) is 20.8 Å². The number of nitrogens with one attached hydrogen (secondary N) is 1. The summed E-state index contributed by atoms with van der Waals surface area (Å²) in [6.07, 6.45) is -5.00. The first-order valence-corrected chi connectivity index (χ1v) is 11.2. The van der Waals surface area contributed by atoms with Crippen molar-refractivity contribution in [2.45, 2.75) is 51.5 Å². The van der Waals surface area contributed by atoms with Gasteiger partial charge in [0.2, 0.25) is 12.4 Å². The van der Waals surface area contributed by atoms with E-state index in [4.69, 9.17) is 23.7 Å². The smallest absolute Gasteiger partial charge is 0.303 e. The van der Waals surface area contributed by atoms with Gasteiger partial charge in [0, 0.05) is 27.0 Å². The van der Waals surface area contributed by atoms with Crippen molar-refractivity contribution >= 4 is 60.7 Å². The van der Waals surface area contributed by atoms with Crippen LogP contribution in [0.2, 0.25) is 0 Å². The van der Waals surface area contributed by atoms with Gasteiger partial charge in [0.1, 0.15) is 17.6 Å². The molecule has 1 aliphatic heterocycles. The number of hydrogen-bond acceptors (Lipinski definition) is 10.